The van der Waals surface area contributed by atoms with Crippen LogP contribution in [0.3, 0.4) is 0 Å². The first-order valence-electron chi connectivity index (χ1n) is 5.61. The molecule has 0 amide bonds. The van der Waals surface area contributed by atoms with Gasteiger partial charge in [0.05, 0.1) is 17.2 Å². The topological polar surface area (TPSA) is 99.4 Å². The van der Waals surface area contributed by atoms with Crippen molar-refractivity contribution in [3.05, 3.63) is 58.0 Å². The minimum Gasteiger partial charge on any atom is -0.351 e. The zero-order valence-corrected chi connectivity index (χ0v) is 11.5. The number of rotatable bonds is 4. The molecule has 0 spiro atoms. The Labute approximate surface area is 119 Å². The van der Waals surface area contributed by atoms with Gasteiger partial charge in [-0.15, -0.1) is 0 Å². The highest BCUT2D eigenvalue weighted by molar-refractivity contribution is 7.87. The third kappa shape index (κ3) is 3.31. The Kier molecular flexibility index (Phi) is 3.85. The Balaban J connectivity index is 2.41. The molecule has 110 valence electrons. The van der Waals surface area contributed by atoms with Crippen molar-refractivity contribution in [2.75, 3.05) is 0 Å². The second kappa shape index (κ2) is 5.44. The summed E-state index contributed by atoms with van der Waals surface area (Å²) in [6, 6.07) is 6.21. The second-order valence-corrected chi connectivity index (χ2v) is 5.63. The molecular weight excluding hydrogens is 303 g/mol. The number of nitrogens with zero attached hydrogens (tertiary/aromatic N) is 2. The summed E-state index contributed by atoms with van der Waals surface area (Å²) in [5.74, 6) is -1.76. The monoisotopic (exact) mass is 312 g/mol. The highest BCUT2D eigenvalue weighted by atomic mass is 32.2. The van der Waals surface area contributed by atoms with Crippen molar-refractivity contribution in [2.24, 2.45) is 0 Å². The molecule has 0 aliphatic rings. The SMILES string of the molecule is Cc1ccc(S(=O)(=O)Oc2ncc(F)cc2[N+](=O)[O-])cc1. The minimum absolute atomic E-state index is 0.187. The summed E-state index contributed by atoms with van der Waals surface area (Å²) in [6.45, 7) is 1.77. The second-order valence-electron chi connectivity index (χ2n) is 4.09. The summed E-state index contributed by atoms with van der Waals surface area (Å²) in [5.41, 5.74) is -0.0366. The van der Waals surface area contributed by atoms with Crippen LogP contribution in [-0.2, 0) is 10.1 Å². The van der Waals surface area contributed by atoms with Gasteiger partial charge in [-0.25, -0.2) is 9.37 Å². The number of hydrogen-bond acceptors (Lipinski definition) is 6. The van der Waals surface area contributed by atoms with Crippen molar-refractivity contribution in [2.45, 2.75) is 11.8 Å². The number of halogens is 1. The van der Waals surface area contributed by atoms with Crippen LogP contribution < -0.4 is 4.18 Å². The minimum atomic E-state index is -4.29. The van der Waals surface area contributed by atoms with Crippen molar-refractivity contribution in [1.29, 1.82) is 0 Å². The van der Waals surface area contributed by atoms with Crippen LogP contribution in [-0.4, -0.2) is 18.3 Å². The molecule has 1 aromatic heterocycles. The molecule has 2 rings (SSSR count). The van der Waals surface area contributed by atoms with Gasteiger partial charge in [0.2, 0.25) is 0 Å². The Morgan fingerprint density at radius 2 is 1.90 bits per heavy atom. The third-order valence-electron chi connectivity index (χ3n) is 2.49. The quantitative estimate of drug-likeness (QED) is 0.487. The van der Waals surface area contributed by atoms with E-state index in [0.29, 0.717) is 12.3 Å². The maximum atomic E-state index is 12.9. The fourth-order valence-corrected chi connectivity index (χ4v) is 2.37. The number of aromatic nitrogens is 1. The molecule has 2 aromatic rings. The average molecular weight is 312 g/mol. The van der Waals surface area contributed by atoms with Gasteiger partial charge in [0, 0.05) is 0 Å². The van der Waals surface area contributed by atoms with Crippen LogP contribution >= 0.6 is 0 Å². The van der Waals surface area contributed by atoms with Gasteiger partial charge in [0.15, 0.2) is 0 Å². The summed E-state index contributed by atoms with van der Waals surface area (Å²) >= 11 is 0. The maximum absolute atomic E-state index is 12.9. The van der Waals surface area contributed by atoms with Gasteiger partial charge >= 0.3 is 21.7 Å². The lowest BCUT2D eigenvalue weighted by Gasteiger charge is -2.06. The Bertz CT molecular complexity index is 790. The number of nitro groups is 1. The molecule has 0 saturated heterocycles. The van der Waals surface area contributed by atoms with E-state index in [0.717, 1.165) is 5.56 Å². The summed E-state index contributed by atoms with van der Waals surface area (Å²) in [7, 11) is -4.29. The van der Waals surface area contributed by atoms with Gasteiger partial charge in [-0.05, 0) is 19.1 Å². The molecule has 0 N–H and O–H groups in total. The van der Waals surface area contributed by atoms with E-state index in [9.17, 15) is 22.9 Å². The summed E-state index contributed by atoms with van der Waals surface area (Å²) in [5, 5.41) is 10.8. The van der Waals surface area contributed by atoms with Crippen molar-refractivity contribution < 1.29 is 21.9 Å². The van der Waals surface area contributed by atoms with Gasteiger partial charge in [-0.2, -0.15) is 8.42 Å². The van der Waals surface area contributed by atoms with Gasteiger partial charge in [0.1, 0.15) is 10.7 Å². The van der Waals surface area contributed by atoms with E-state index in [1.807, 2.05) is 0 Å². The molecule has 0 aliphatic carbocycles. The van der Waals surface area contributed by atoms with E-state index < -0.39 is 32.4 Å². The molecule has 0 aliphatic heterocycles. The molecule has 9 heteroatoms. The van der Waals surface area contributed by atoms with Crippen LogP contribution in [0.5, 0.6) is 5.88 Å². The number of hydrogen-bond donors (Lipinski definition) is 0. The molecule has 1 heterocycles. The zero-order valence-electron chi connectivity index (χ0n) is 10.7. The first-order valence-corrected chi connectivity index (χ1v) is 7.01. The molecular formula is C12H9FN2O5S. The summed E-state index contributed by atoms with van der Waals surface area (Å²) in [6.07, 6.45) is 0.632. The maximum Gasteiger partial charge on any atom is 0.340 e. The van der Waals surface area contributed by atoms with Gasteiger partial charge in [0.25, 0.3) is 0 Å². The van der Waals surface area contributed by atoms with Crippen LogP contribution in [0.2, 0.25) is 0 Å². The average Bonchev–Trinajstić information content (AvgIpc) is 2.41. The number of aryl methyl sites for hydroxylation is 1. The number of pyridine rings is 1. The lowest BCUT2D eigenvalue weighted by atomic mass is 10.2. The zero-order chi connectivity index (χ0) is 15.6. The Morgan fingerprint density at radius 3 is 2.48 bits per heavy atom. The molecule has 21 heavy (non-hydrogen) atoms. The molecule has 0 radical (unpaired) electrons. The van der Waals surface area contributed by atoms with Gasteiger partial charge in [-0.3, -0.25) is 10.1 Å². The summed E-state index contributed by atoms with van der Waals surface area (Å²) in [4.78, 5) is 12.9. The van der Waals surface area contributed by atoms with Crippen LogP contribution in [0.4, 0.5) is 10.1 Å². The lowest BCUT2D eigenvalue weighted by molar-refractivity contribution is -0.386. The molecule has 0 saturated carbocycles. The highest BCUT2D eigenvalue weighted by Crippen LogP contribution is 2.27. The van der Waals surface area contributed by atoms with Gasteiger partial charge < -0.3 is 4.18 Å². The fourth-order valence-electron chi connectivity index (χ4n) is 1.47. The summed E-state index contributed by atoms with van der Waals surface area (Å²) < 4.78 is 41.6. The van der Waals surface area contributed by atoms with Crippen LogP contribution in [0.15, 0.2) is 41.4 Å². The first kappa shape index (κ1) is 14.9. The molecule has 0 fully saturated rings. The molecule has 1 aromatic carbocycles. The first-order chi connectivity index (χ1) is 9.79. The van der Waals surface area contributed by atoms with Crippen molar-refractivity contribution in [3.8, 4) is 5.88 Å². The van der Waals surface area contributed by atoms with Crippen molar-refractivity contribution in [3.63, 3.8) is 0 Å². The smallest absolute Gasteiger partial charge is 0.340 e. The van der Waals surface area contributed by atoms with Crippen LogP contribution in [0.1, 0.15) is 5.56 Å². The van der Waals surface area contributed by atoms with Crippen molar-refractivity contribution in [1.82, 2.24) is 4.98 Å². The largest absolute Gasteiger partial charge is 0.351 e. The van der Waals surface area contributed by atoms with E-state index in [-0.39, 0.29) is 4.90 Å². The van der Waals surface area contributed by atoms with E-state index >= 15 is 0 Å². The highest BCUT2D eigenvalue weighted by Gasteiger charge is 2.25. The predicted molar refractivity (Wildman–Crippen MR) is 69.8 cm³/mol. The number of benzene rings is 1. The standard InChI is InChI=1S/C12H9FN2O5S/c1-8-2-4-10(5-3-8)21(18,19)20-12-11(15(16)17)6-9(13)7-14-12/h2-7H,1H3. The molecule has 0 unspecified atom stereocenters. The van der Waals surface area contributed by atoms with Crippen LogP contribution in [0, 0.1) is 22.9 Å². The lowest BCUT2D eigenvalue weighted by Crippen LogP contribution is -2.12. The third-order valence-corrected chi connectivity index (χ3v) is 3.72. The normalized spacial score (nSPS) is 11.1. The van der Waals surface area contributed by atoms with Crippen LogP contribution in [0.25, 0.3) is 0 Å². The van der Waals surface area contributed by atoms with Crippen molar-refractivity contribution >= 4 is 15.8 Å². The van der Waals surface area contributed by atoms with E-state index in [1.165, 1.54) is 12.1 Å². The fraction of sp³-hybridized carbons (Fsp3) is 0.0833. The molecule has 0 bridgehead atoms. The molecule has 0 atom stereocenters. The van der Waals surface area contributed by atoms with E-state index in [4.69, 9.17) is 0 Å². The van der Waals surface area contributed by atoms with Gasteiger partial charge in [-0.1, -0.05) is 17.7 Å². The molecule has 7 nitrogen and oxygen atoms in total. The Hall–Kier alpha value is -2.55. The predicted octanol–water partition coefficient (Wildman–Crippen LogP) is 2.21. The Morgan fingerprint density at radius 1 is 1.29 bits per heavy atom. The van der Waals surface area contributed by atoms with E-state index in [1.54, 1.807) is 19.1 Å². The van der Waals surface area contributed by atoms with E-state index in [2.05, 4.69) is 9.17 Å².